The van der Waals surface area contributed by atoms with Crippen molar-refractivity contribution in [1.82, 2.24) is 9.78 Å². The van der Waals surface area contributed by atoms with Gasteiger partial charge in [0.2, 0.25) is 0 Å². The minimum absolute atomic E-state index is 0.0364. The fourth-order valence-electron chi connectivity index (χ4n) is 2.55. The fourth-order valence-corrected chi connectivity index (χ4v) is 3.97. The lowest BCUT2D eigenvalue weighted by Crippen LogP contribution is -2.11. The van der Waals surface area contributed by atoms with Crippen molar-refractivity contribution >= 4 is 25.5 Å². The minimum Gasteiger partial charge on any atom is -0.271 e. The summed E-state index contributed by atoms with van der Waals surface area (Å²) in [7, 11) is -6.62. The first-order chi connectivity index (χ1) is 12.1. The lowest BCUT2D eigenvalue weighted by molar-refractivity contribution is 0.586. The number of amidine groups is 1. The van der Waals surface area contributed by atoms with Gasteiger partial charge >= 0.3 is 0 Å². The summed E-state index contributed by atoms with van der Waals surface area (Å²) in [6, 6.07) is 4.88. The van der Waals surface area contributed by atoms with E-state index < -0.39 is 19.7 Å². The molecule has 0 saturated heterocycles. The zero-order valence-electron chi connectivity index (χ0n) is 14.2. The third-order valence-corrected chi connectivity index (χ3v) is 5.80. The molecule has 0 saturated carbocycles. The molecule has 2 aromatic rings. The van der Waals surface area contributed by atoms with E-state index in [9.17, 15) is 16.8 Å². The van der Waals surface area contributed by atoms with Crippen LogP contribution in [0, 0.1) is 0 Å². The smallest absolute Gasteiger partial charge is 0.180 e. The van der Waals surface area contributed by atoms with Crippen molar-refractivity contribution in [3.8, 4) is 11.1 Å². The zero-order chi connectivity index (χ0) is 18.9. The standard InChI is InChI=1S/C15H17N5O4S2/c1-25(21,22)7-6-20-9-11(8-18-20)12-4-3-5-13(26(2,23)24)14(12)15-16-10-17-19-15/h3-5,8-9H,6-7,10H2,1-2H3. The molecule has 1 aromatic carbocycles. The van der Waals surface area contributed by atoms with Crippen LogP contribution in [-0.2, 0) is 26.2 Å². The van der Waals surface area contributed by atoms with Gasteiger partial charge in [0.25, 0.3) is 0 Å². The first-order valence-corrected chi connectivity index (χ1v) is 11.6. The number of aromatic nitrogens is 2. The third kappa shape index (κ3) is 4.05. The molecule has 0 aliphatic carbocycles. The molecule has 0 unspecified atom stereocenters. The Morgan fingerprint density at radius 2 is 1.92 bits per heavy atom. The second kappa shape index (κ2) is 6.72. The molecule has 1 aromatic heterocycles. The van der Waals surface area contributed by atoms with Gasteiger partial charge in [-0.2, -0.15) is 10.2 Å². The van der Waals surface area contributed by atoms with E-state index in [0.29, 0.717) is 16.7 Å². The molecule has 1 aliphatic rings. The van der Waals surface area contributed by atoms with Gasteiger partial charge in [0.1, 0.15) is 9.84 Å². The van der Waals surface area contributed by atoms with Crippen LogP contribution in [0.5, 0.6) is 0 Å². The van der Waals surface area contributed by atoms with Crippen LogP contribution in [0.15, 0.2) is 50.7 Å². The molecule has 9 nitrogen and oxygen atoms in total. The normalized spacial score (nSPS) is 14.6. The van der Waals surface area contributed by atoms with E-state index in [2.05, 4.69) is 20.3 Å². The van der Waals surface area contributed by atoms with E-state index in [4.69, 9.17) is 0 Å². The molecular formula is C15H17N5O4S2. The summed E-state index contributed by atoms with van der Waals surface area (Å²) < 4.78 is 48.5. The molecule has 0 spiro atoms. The number of hydrogen-bond acceptors (Lipinski definition) is 8. The van der Waals surface area contributed by atoms with Crippen molar-refractivity contribution in [1.29, 1.82) is 0 Å². The molecule has 138 valence electrons. The van der Waals surface area contributed by atoms with Crippen molar-refractivity contribution in [2.45, 2.75) is 11.4 Å². The van der Waals surface area contributed by atoms with Crippen molar-refractivity contribution in [3.05, 3.63) is 36.2 Å². The fraction of sp³-hybridized carbons (Fsp3) is 0.333. The average molecular weight is 395 g/mol. The molecule has 3 rings (SSSR count). The molecule has 0 fully saturated rings. The maximum Gasteiger partial charge on any atom is 0.180 e. The van der Waals surface area contributed by atoms with Crippen molar-refractivity contribution in [2.24, 2.45) is 15.2 Å². The molecule has 0 N–H and O–H groups in total. The number of azo groups is 1. The van der Waals surface area contributed by atoms with Crippen molar-refractivity contribution in [3.63, 3.8) is 0 Å². The maximum atomic E-state index is 12.2. The van der Waals surface area contributed by atoms with Gasteiger partial charge in [0, 0.05) is 29.8 Å². The molecule has 0 amide bonds. The van der Waals surface area contributed by atoms with Crippen LogP contribution in [0.1, 0.15) is 5.56 Å². The lowest BCUT2D eigenvalue weighted by Gasteiger charge is -2.11. The summed E-state index contributed by atoms with van der Waals surface area (Å²) in [5.41, 5.74) is 1.61. The van der Waals surface area contributed by atoms with Crippen LogP contribution in [0.2, 0.25) is 0 Å². The van der Waals surface area contributed by atoms with Gasteiger partial charge in [0.15, 0.2) is 22.3 Å². The summed E-state index contributed by atoms with van der Waals surface area (Å²) in [5.74, 6) is 0.218. The highest BCUT2D eigenvalue weighted by atomic mass is 32.2. The Kier molecular flexibility index (Phi) is 4.76. The molecule has 0 bridgehead atoms. The topological polar surface area (TPSA) is 123 Å². The molecule has 11 heteroatoms. The molecule has 0 radical (unpaired) electrons. The SMILES string of the molecule is CS(=O)(=O)CCn1cc(-c2cccc(S(C)(=O)=O)c2C2=NCN=N2)cn1. The maximum absolute atomic E-state index is 12.2. The van der Waals surface area contributed by atoms with Gasteiger partial charge in [0.05, 0.1) is 23.4 Å². The van der Waals surface area contributed by atoms with Crippen LogP contribution in [-0.4, -0.2) is 57.4 Å². The number of benzene rings is 1. The number of sulfone groups is 2. The van der Waals surface area contributed by atoms with Gasteiger partial charge in [-0.05, 0) is 11.6 Å². The monoisotopic (exact) mass is 395 g/mol. The van der Waals surface area contributed by atoms with E-state index in [1.54, 1.807) is 24.5 Å². The predicted molar refractivity (Wildman–Crippen MR) is 96.7 cm³/mol. The first kappa shape index (κ1) is 18.4. The highest BCUT2D eigenvalue weighted by Crippen LogP contribution is 2.30. The van der Waals surface area contributed by atoms with Crippen LogP contribution in [0.3, 0.4) is 0 Å². The summed E-state index contributed by atoms with van der Waals surface area (Å²) in [4.78, 5) is 4.26. The first-order valence-electron chi connectivity index (χ1n) is 7.61. The summed E-state index contributed by atoms with van der Waals surface area (Å²) in [6.07, 6.45) is 5.51. The van der Waals surface area contributed by atoms with Gasteiger partial charge in [-0.15, -0.1) is 5.11 Å². The number of hydrogen-bond donors (Lipinski definition) is 0. The van der Waals surface area contributed by atoms with Gasteiger partial charge in [-0.3, -0.25) is 4.68 Å². The number of aryl methyl sites for hydroxylation is 1. The Labute approximate surface area is 151 Å². The largest absolute Gasteiger partial charge is 0.271 e. The Morgan fingerprint density at radius 3 is 2.54 bits per heavy atom. The summed E-state index contributed by atoms with van der Waals surface area (Å²) in [6.45, 7) is 0.362. The molecule has 26 heavy (non-hydrogen) atoms. The van der Waals surface area contributed by atoms with Gasteiger partial charge < -0.3 is 0 Å². The molecule has 2 heterocycles. The van der Waals surface area contributed by atoms with E-state index in [1.807, 2.05) is 0 Å². The van der Waals surface area contributed by atoms with E-state index >= 15 is 0 Å². The quantitative estimate of drug-likeness (QED) is 0.726. The molecule has 1 aliphatic heterocycles. The van der Waals surface area contributed by atoms with Crippen molar-refractivity contribution in [2.75, 3.05) is 24.9 Å². The predicted octanol–water partition coefficient (Wildman–Crippen LogP) is 1.17. The van der Waals surface area contributed by atoms with Gasteiger partial charge in [-0.25, -0.2) is 21.8 Å². The highest BCUT2D eigenvalue weighted by molar-refractivity contribution is 7.91. The zero-order valence-corrected chi connectivity index (χ0v) is 15.8. The average Bonchev–Trinajstić information content (AvgIpc) is 3.22. The Morgan fingerprint density at radius 1 is 1.15 bits per heavy atom. The highest BCUT2D eigenvalue weighted by Gasteiger charge is 2.23. The van der Waals surface area contributed by atoms with Crippen LogP contribution in [0.25, 0.3) is 11.1 Å². The van der Waals surface area contributed by atoms with Crippen molar-refractivity contribution < 1.29 is 16.8 Å². The molecule has 0 atom stereocenters. The van der Waals surface area contributed by atoms with E-state index in [0.717, 1.165) is 12.5 Å². The Balaban J connectivity index is 2.09. The van der Waals surface area contributed by atoms with E-state index in [1.165, 1.54) is 10.7 Å². The Hall–Kier alpha value is -2.40. The van der Waals surface area contributed by atoms with Crippen LogP contribution in [0.4, 0.5) is 0 Å². The molecular weight excluding hydrogens is 378 g/mol. The third-order valence-electron chi connectivity index (χ3n) is 3.73. The number of nitrogens with zero attached hydrogens (tertiary/aromatic N) is 5. The van der Waals surface area contributed by atoms with Crippen LogP contribution < -0.4 is 0 Å². The summed E-state index contributed by atoms with van der Waals surface area (Å²) >= 11 is 0. The summed E-state index contributed by atoms with van der Waals surface area (Å²) in [5, 5.41) is 11.9. The number of rotatable bonds is 6. The number of aliphatic imine (C=N–C) groups is 1. The Bertz CT molecular complexity index is 1110. The minimum atomic E-state index is -3.51. The second-order valence-corrected chi connectivity index (χ2v) is 10.2. The lowest BCUT2D eigenvalue weighted by atomic mass is 10.0. The van der Waals surface area contributed by atoms with E-state index in [-0.39, 0.29) is 29.7 Å². The second-order valence-electron chi connectivity index (χ2n) is 5.94. The van der Waals surface area contributed by atoms with Crippen LogP contribution >= 0.6 is 0 Å². The van der Waals surface area contributed by atoms with Gasteiger partial charge in [-0.1, -0.05) is 12.1 Å².